The summed E-state index contributed by atoms with van der Waals surface area (Å²) in [7, 11) is 1.47. The normalized spacial score (nSPS) is 10.5. The van der Waals surface area contributed by atoms with Crippen molar-refractivity contribution in [3.8, 4) is 0 Å². The number of carbonyl (C=O) groups is 2. The van der Waals surface area contributed by atoms with E-state index in [1.54, 1.807) is 19.9 Å². The Morgan fingerprint density at radius 2 is 2.19 bits per heavy atom. The number of rotatable bonds is 3. The second-order valence-electron chi connectivity index (χ2n) is 4.14. The van der Waals surface area contributed by atoms with Gasteiger partial charge in [0.15, 0.2) is 0 Å². The summed E-state index contributed by atoms with van der Waals surface area (Å²) in [5, 5.41) is 5.49. The third-order valence-electron chi connectivity index (χ3n) is 2.75. The molecule has 0 atom stereocenters. The molecule has 0 bridgehead atoms. The van der Waals surface area contributed by atoms with Crippen LogP contribution < -0.4 is 10.6 Å². The van der Waals surface area contributed by atoms with Crippen molar-refractivity contribution >= 4 is 44.7 Å². The fourth-order valence-corrected chi connectivity index (χ4v) is 2.07. The van der Waals surface area contributed by atoms with Crippen LogP contribution in [0.1, 0.15) is 23.2 Å². The first kappa shape index (κ1) is 15.3. The van der Waals surface area contributed by atoms with Crippen LogP contribution in [-0.4, -0.2) is 30.6 Å². The molecule has 112 valence electrons. The van der Waals surface area contributed by atoms with E-state index in [1.165, 1.54) is 7.05 Å². The molecule has 0 unspecified atom stereocenters. The molecule has 0 saturated carbocycles. The Kier molecular flexibility index (Phi) is 4.46. The van der Waals surface area contributed by atoms with Gasteiger partial charge in [0.2, 0.25) is 11.5 Å². The molecule has 2 amide bonds. The predicted molar refractivity (Wildman–Crippen MR) is 80.5 cm³/mol. The number of fused-ring (bicyclic) bond motifs is 1. The highest BCUT2D eigenvalue weighted by molar-refractivity contribution is 9.10. The summed E-state index contributed by atoms with van der Waals surface area (Å²) in [5.41, 5.74) is 1.21. The largest absolute Gasteiger partial charge is 0.450 e. The Labute approximate surface area is 129 Å². The molecule has 0 aliphatic carbocycles. The summed E-state index contributed by atoms with van der Waals surface area (Å²) in [4.78, 5) is 27.7. The summed E-state index contributed by atoms with van der Waals surface area (Å²) in [6, 6.07) is 1.73. The summed E-state index contributed by atoms with van der Waals surface area (Å²) in [6.07, 6.45) is -0.665. The Bertz CT molecular complexity index is 711. The zero-order chi connectivity index (χ0) is 15.6. The summed E-state index contributed by atoms with van der Waals surface area (Å²) in [6.45, 7) is 3.70. The van der Waals surface area contributed by atoms with E-state index in [9.17, 15) is 9.59 Å². The quantitative estimate of drug-likeness (QED) is 0.882. The number of carbonyl (C=O) groups excluding carboxylic acids is 2. The number of aryl methyl sites for hydroxylation is 1. The highest BCUT2D eigenvalue weighted by atomic mass is 79.9. The molecular formula is C13H14BrN3O4. The van der Waals surface area contributed by atoms with Crippen LogP contribution in [-0.2, 0) is 4.74 Å². The molecule has 2 aromatic heterocycles. The van der Waals surface area contributed by atoms with Gasteiger partial charge in [-0.25, -0.2) is 9.78 Å². The maximum Gasteiger partial charge on any atom is 0.411 e. The van der Waals surface area contributed by atoms with E-state index in [0.29, 0.717) is 11.1 Å². The number of hydrogen-bond acceptors (Lipinski definition) is 5. The van der Waals surface area contributed by atoms with Gasteiger partial charge in [0.25, 0.3) is 5.91 Å². The van der Waals surface area contributed by atoms with E-state index in [2.05, 4.69) is 31.5 Å². The van der Waals surface area contributed by atoms with E-state index in [-0.39, 0.29) is 23.8 Å². The van der Waals surface area contributed by atoms with Gasteiger partial charge in [0, 0.05) is 11.5 Å². The molecule has 2 N–H and O–H groups in total. The molecule has 0 fully saturated rings. The number of nitrogens with zero attached hydrogens (tertiary/aromatic N) is 1. The van der Waals surface area contributed by atoms with Crippen LogP contribution in [0.15, 0.2) is 15.0 Å². The van der Waals surface area contributed by atoms with Crippen LogP contribution in [0.5, 0.6) is 0 Å². The number of hydrogen-bond donors (Lipinski definition) is 2. The van der Waals surface area contributed by atoms with E-state index in [1.807, 2.05) is 0 Å². The van der Waals surface area contributed by atoms with Crippen molar-refractivity contribution < 1.29 is 18.7 Å². The number of pyridine rings is 1. The molecule has 0 radical (unpaired) electrons. The number of anilines is 1. The monoisotopic (exact) mass is 355 g/mol. The number of halogens is 1. The Morgan fingerprint density at radius 1 is 1.48 bits per heavy atom. The van der Waals surface area contributed by atoms with Gasteiger partial charge in [0.05, 0.1) is 17.7 Å². The minimum atomic E-state index is -0.665. The second kappa shape index (κ2) is 6.13. The lowest BCUT2D eigenvalue weighted by atomic mass is 10.2. The van der Waals surface area contributed by atoms with Crippen molar-refractivity contribution in [3.63, 3.8) is 0 Å². The second-order valence-corrected chi connectivity index (χ2v) is 4.99. The molecule has 2 heterocycles. The minimum absolute atomic E-state index is 0.0226. The van der Waals surface area contributed by atoms with Crippen LogP contribution in [0.2, 0.25) is 0 Å². The number of aromatic nitrogens is 1. The van der Waals surface area contributed by atoms with E-state index in [0.717, 1.165) is 4.47 Å². The van der Waals surface area contributed by atoms with Crippen LogP contribution in [0.4, 0.5) is 10.5 Å². The van der Waals surface area contributed by atoms with E-state index >= 15 is 0 Å². The summed E-state index contributed by atoms with van der Waals surface area (Å²) >= 11 is 3.36. The van der Waals surface area contributed by atoms with Gasteiger partial charge >= 0.3 is 6.09 Å². The van der Waals surface area contributed by atoms with Crippen LogP contribution in [0.25, 0.3) is 11.1 Å². The zero-order valence-electron chi connectivity index (χ0n) is 11.7. The first-order valence-corrected chi connectivity index (χ1v) is 7.02. The maximum absolute atomic E-state index is 11.9. The highest BCUT2D eigenvalue weighted by Gasteiger charge is 2.23. The van der Waals surface area contributed by atoms with Crippen molar-refractivity contribution in [2.24, 2.45) is 0 Å². The Balaban J connectivity index is 2.59. The SMILES string of the molecule is CCOC(=O)Nc1c(C(=O)NC)oc2nc(C)c(Br)cc12. The smallest absolute Gasteiger partial charge is 0.411 e. The van der Waals surface area contributed by atoms with Crippen LogP contribution in [0.3, 0.4) is 0 Å². The topological polar surface area (TPSA) is 93.5 Å². The molecule has 0 aliphatic rings. The maximum atomic E-state index is 11.9. The van der Waals surface area contributed by atoms with Gasteiger partial charge < -0.3 is 14.5 Å². The molecule has 0 spiro atoms. The molecule has 21 heavy (non-hydrogen) atoms. The Hall–Kier alpha value is -2.09. The highest BCUT2D eigenvalue weighted by Crippen LogP contribution is 2.33. The van der Waals surface area contributed by atoms with Gasteiger partial charge in [-0.2, -0.15) is 0 Å². The summed E-state index contributed by atoms with van der Waals surface area (Å²) < 4.78 is 11.0. The van der Waals surface area contributed by atoms with Gasteiger partial charge in [-0.3, -0.25) is 10.1 Å². The van der Waals surface area contributed by atoms with Crippen molar-refractivity contribution in [1.29, 1.82) is 0 Å². The third kappa shape index (κ3) is 2.99. The molecule has 8 heteroatoms. The van der Waals surface area contributed by atoms with Crippen LogP contribution in [0, 0.1) is 6.92 Å². The lowest BCUT2D eigenvalue weighted by molar-refractivity contribution is 0.0938. The van der Waals surface area contributed by atoms with Gasteiger partial charge in [-0.15, -0.1) is 0 Å². The predicted octanol–water partition coefficient (Wildman–Crippen LogP) is 2.83. The lowest BCUT2D eigenvalue weighted by Crippen LogP contribution is -2.20. The molecule has 7 nitrogen and oxygen atoms in total. The number of ether oxygens (including phenoxy) is 1. The van der Waals surface area contributed by atoms with Crippen LogP contribution >= 0.6 is 15.9 Å². The Morgan fingerprint density at radius 3 is 2.81 bits per heavy atom. The molecule has 0 saturated heterocycles. The summed E-state index contributed by atoms with van der Waals surface area (Å²) in [5.74, 6) is -0.487. The molecule has 0 aromatic carbocycles. The molecule has 2 aromatic rings. The average Bonchev–Trinajstić information content (AvgIpc) is 2.77. The first-order chi connectivity index (χ1) is 9.97. The standard InChI is InChI=1S/C13H14BrN3O4/c1-4-20-13(19)17-9-7-5-8(14)6(2)16-12(7)21-10(9)11(18)15-3/h5H,4H2,1-3H3,(H,15,18)(H,17,19). The number of amides is 2. The first-order valence-electron chi connectivity index (χ1n) is 6.23. The van der Waals surface area contributed by atoms with Gasteiger partial charge in [-0.05, 0) is 35.8 Å². The molecule has 0 aliphatic heterocycles. The van der Waals surface area contributed by atoms with E-state index < -0.39 is 12.0 Å². The van der Waals surface area contributed by atoms with Crippen molar-refractivity contribution in [3.05, 3.63) is 22.0 Å². The van der Waals surface area contributed by atoms with Crippen molar-refractivity contribution in [2.45, 2.75) is 13.8 Å². The van der Waals surface area contributed by atoms with Crippen molar-refractivity contribution in [1.82, 2.24) is 10.3 Å². The van der Waals surface area contributed by atoms with Gasteiger partial charge in [-0.1, -0.05) is 0 Å². The number of nitrogens with one attached hydrogen (secondary N) is 2. The molecule has 2 rings (SSSR count). The number of furan rings is 1. The third-order valence-corrected chi connectivity index (χ3v) is 3.55. The van der Waals surface area contributed by atoms with E-state index in [4.69, 9.17) is 9.15 Å². The molecular weight excluding hydrogens is 342 g/mol. The van der Waals surface area contributed by atoms with Crippen molar-refractivity contribution in [2.75, 3.05) is 19.0 Å². The average molecular weight is 356 g/mol. The van der Waals surface area contributed by atoms with Gasteiger partial charge in [0.1, 0.15) is 5.69 Å². The fraction of sp³-hybridized carbons (Fsp3) is 0.308. The lowest BCUT2D eigenvalue weighted by Gasteiger charge is -2.05. The zero-order valence-corrected chi connectivity index (χ0v) is 13.3. The fourth-order valence-electron chi connectivity index (χ4n) is 1.75. The minimum Gasteiger partial charge on any atom is -0.450 e.